The molecule has 0 spiro atoms. The van der Waals surface area contributed by atoms with E-state index in [2.05, 4.69) is 72.4 Å². The van der Waals surface area contributed by atoms with Gasteiger partial charge in [-0.2, -0.15) is 0 Å². The van der Waals surface area contributed by atoms with Crippen LogP contribution in [-0.4, -0.2) is 37.2 Å². The van der Waals surface area contributed by atoms with Gasteiger partial charge in [0.15, 0.2) is 0 Å². The fourth-order valence-electron chi connectivity index (χ4n) is 3.39. The summed E-state index contributed by atoms with van der Waals surface area (Å²) >= 11 is 6.54. The lowest BCUT2D eigenvalue weighted by molar-refractivity contribution is 0.172. The summed E-state index contributed by atoms with van der Waals surface area (Å²) in [7, 11) is 0. The Kier molecular flexibility index (Phi) is 10.0. The molecule has 4 rings (SSSR count). The molecule has 0 amide bonds. The molecule has 1 aliphatic rings. The van der Waals surface area contributed by atoms with E-state index in [1.165, 1.54) is 11.6 Å². The topological polar surface area (TPSA) is 24.5 Å². The van der Waals surface area contributed by atoms with Gasteiger partial charge in [-0.15, -0.1) is 0 Å². The molecule has 1 fully saturated rings. The summed E-state index contributed by atoms with van der Waals surface area (Å²) in [6, 6.07) is 25.7. The number of piperazine rings is 1. The molecule has 31 heavy (non-hydrogen) atoms. The second-order valence-electron chi connectivity index (χ2n) is 7.35. The molecule has 3 aromatic carbocycles. The SMILES string of the molecule is Brc1ccccc1OCC[C@@H]1CN(Cc2ccccc2)CCN1.Fc1ccccc1Br. The van der Waals surface area contributed by atoms with Gasteiger partial charge in [0, 0.05) is 32.2 Å². The van der Waals surface area contributed by atoms with Gasteiger partial charge in [-0.1, -0.05) is 54.6 Å². The summed E-state index contributed by atoms with van der Waals surface area (Å²) in [5, 5.41) is 3.60. The molecule has 1 saturated heterocycles. The van der Waals surface area contributed by atoms with Crippen LogP contribution in [0.25, 0.3) is 0 Å². The fraction of sp³-hybridized carbons (Fsp3) is 0.280. The van der Waals surface area contributed by atoms with E-state index in [4.69, 9.17) is 4.74 Å². The van der Waals surface area contributed by atoms with Crippen LogP contribution in [0.1, 0.15) is 12.0 Å². The van der Waals surface area contributed by atoms with Crippen molar-refractivity contribution in [1.29, 1.82) is 0 Å². The van der Waals surface area contributed by atoms with Gasteiger partial charge >= 0.3 is 0 Å². The second kappa shape index (κ2) is 13.0. The maximum atomic E-state index is 12.3. The number of halogens is 3. The van der Waals surface area contributed by atoms with E-state index in [0.717, 1.165) is 49.4 Å². The van der Waals surface area contributed by atoms with Crippen LogP contribution < -0.4 is 10.1 Å². The number of ether oxygens (including phenoxy) is 1. The highest BCUT2D eigenvalue weighted by molar-refractivity contribution is 9.10. The normalized spacial score (nSPS) is 16.3. The summed E-state index contributed by atoms with van der Waals surface area (Å²) in [6.45, 7) is 5.00. The van der Waals surface area contributed by atoms with Crippen molar-refractivity contribution in [2.45, 2.75) is 19.0 Å². The third-order valence-electron chi connectivity index (χ3n) is 4.97. The zero-order chi connectivity index (χ0) is 21.9. The molecule has 0 aliphatic carbocycles. The summed E-state index contributed by atoms with van der Waals surface area (Å²) in [6.07, 6.45) is 1.02. The number of para-hydroxylation sites is 1. The Morgan fingerprint density at radius 1 is 0.903 bits per heavy atom. The minimum absolute atomic E-state index is 0.215. The number of rotatable bonds is 6. The van der Waals surface area contributed by atoms with E-state index in [9.17, 15) is 4.39 Å². The minimum Gasteiger partial charge on any atom is -0.492 e. The summed E-state index contributed by atoms with van der Waals surface area (Å²) < 4.78 is 19.7. The Labute approximate surface area is 200 Å². The van der Waals surface area contributed by atoms with Crippen LogP contribution in [0.15, 0.2) is 87.8 Å². The first-order chi connectivity index (χ1) is 15.1. The van der Waals surface area contributed by atoms with E-state index in [1.54, 1.807) is 18.2 Å². The van der Waals surface area contributed by atoms with E-state index < -0.39 is 0 Å². The smallest absolute Gasteiger partial charge is 0.137 e. The van der Waals surface area contributed by atoms with Gasteiger partial charge in [0.2, 0.25) is 0 Å². The molecule has 0 bridgehead atoms. The lowest BCUT2D eigenvalue weighted by Gasteiger charge is -2.33. The molecule has 1 N–H and O–H groups in total. The molecule has 1 aliphatic heterocycles. The van der Waals surface area contributed by atoms with E-state index in [-0.39, 0.29) is 5.82 Å². The molecular weight excluding hydrogens is 523 g/mol. The Hall–Kier alpha value is -1.73. The van der Waals surface area contributed by atoms with Crippen LogP contribution in [0.4, 0.5) is 4.39 Å². The molecule has 164 valence electrons. The molecule has 6 heteroatoms. The summed E-state index contributed by atoms with van der Waals surface area (Å²) in [5.41, 5.74) is 1.39. The van der Waals surface area contributed by atoms with Crippen LogP contribution in [0, 0.1) is 5.82 Å². The number of benzene rings is 3. The maximum absolute atomic E-state index is 12.3. The third kappa shape index (κ3) is 8.37. The lowest BCUT2D eigenvalue weighted by atomic mass is 10.1. The molecule has 0 unspecified atom stereocenters. The monoisotopic (exact) mass is 548 g/mol. The van der Waals surface area contributed by atoms with Crippen molar-refractivity contribution in [3.63, 3.8) is 0 Å². The van der Waals surface area contributed by atoms with Crippen molar-refractivity contribution < 1.29 is 9.13 Å². The highest BCUT2D eigenvalue weighted by atomic mass is 79.9. The van der Waals surface area contributed by atoms with Crippen LogP contribution in [0.3, 0.4) is 0 Å². The molecular formula is C25H27Br2FN2O. The van der Waals surface area contributed by atoms with E-state index in [0.29, 0.717) is 10.5 Å². The van der Waals surface area contributed by atoms with Crippen molar-refractivity contribution >= 4 is 31.9 Å². The zero-order valence-corrected chi connectivity index (χ0v) is 20.5. The average molecular weight is 550 g/mol. The zero-order valence-electron chi connectivity index (χ0n) is 17.3. The maximum Gasteiger partial charge on any atom is 0.137 e. The van der Waals surface area contributed by atoms with Gasteiger partial charge in [-0.3, -0.25) is 4.90 Å². The number of nitrogens with one attached hydrogen (secondary N) is 1. The van der Waals surface area contributed by atoms with Gasteiger partial charge in [0.25, 0.3) is 0 Å². The summed E-state index contributed by atoms with van der Waals surface area (Å²) in [5.74, 6) is 0.706. The average Bonchev–Trinajstić information content (AvgIpc) is 2.79. The first kappa shape index (κ1) is 23.9. The quantitative estimate of drug-likeness (QED) is 0.391. The van der Waals surface area contributed by atoms with Crippen molar-refractivity contribution in [3.8, 4) is 5.75 Å². The van der Waals surface area contributed by atoms with Crippen LogP contribution >= 0.6 is 31.9 Å². The van der Waals surface area contributed by atoms with Crippen LogP contribution in [-0.2, 0) is 6.54 Å². The van der Waals surface area contributed by atoms with Crippen LogP contribution in [0.2, 0.25) is 0 Å². The van der Waals surface area contributed by atoms with Crippen molar-refractivity contribution in [2.75, 3.05) is 26.2 Å². The van der Waals surface area contributed by atoms with Crippen molar-refractivity contribution in [2.24, 2.45) is 0 Å². The minimum atomic E-state index is -0.215. The lowest BCUT2D eigenvalue weighted by Crippen LogP contribution is -2.50. The third-order valence-corrected chi connectivity index (χ3v) is 6.27. The van der Waals surface area contributed by atoms with Gasteiger partial charge in [0.05, 0.1) is 15.6 Å². The molecule has 1 atom stereocenters. The molecule has 3 nitrogen and oxygen atoms in total. The number of hydrogen-bond donors (Lipinski definition) is 1. The first-order valence-corrected chi connectivity index (χ1v) is 12.0. The largest absolute Gasteiger partial charge is 0.492 e. The second-order valence-corrected chi connectivity index (χ2v) is 9.06. The molecule has 3 aromatic rings. The Bertz CT molecular complexity index is 905. The van der Waals surface area contributed by atoms with Gasteiger partial charge < -0.3 is 10.1 Å². The Balaban J connectivity index is 0.000000287. The van der Waals surface area contributed by atoms with Gasteiger partial charge in [0.1, 0.15) is 11.6 Å². The van der Waals surface area contributed by atoms with E-state index in [1.807, 2.05) is 24.3 Å². The molecule has 0 radical (unpaired) electrons. The first-order valence-electron chi connectivity index (χ1n) is 10.4. The van der Waals surface area contributed by atoms with Gasteiger partial charge in [-0.25, -0.2) is 4.39 Å². The van der Waals surface area contributed by atoms with Crippen molar-refractivity contribution in [3.05, 3.63) is 99.2 Å². The highest BCUT2D eigenvalue weighted by Crippen LogP contribution is 2.24. The molecule has 0 saturated carbocycles. The Morgan fingerprint density at radius 3 is 2.26 bits per heavy atom. The van der Waals surface area contributed by atoms with Crippen LogP contribution in [0.5, 0.6) is 5.75 Å². The fourth-order valence-corrected chi connectivity index (χ4v) is 4.07. The predicted octanol–water partition coefficient (Wildman–Crippen LogP) is 6.28. The highest BCUT2D eigenvalue weighted by Gasteiger charge is 2.19. The standard InChI is InChI=1S/C19H23BrN2O.C6H4BrF/c20-18-8-4-5-9-19(18)23-13-10-17-15-22(12-11-21-17)14-16-6-2-1-3-7-16;7-5-3-1-2-4-6(5)8/h1-9,17,21H,10-15H2;1-4H/t17-;/m1./s1. The number of hydrogen-bond acceptors (Lipinski definition) is 3. The molecule has 0 aromatic heterocycles. The summed E-state index contributed by atoms with van der Waals surface area (Å²) in [4.78, 5) is 2.52. The number of nitrogens with zero attached hydrogens (tertiary/aromatic N) is 1. The van der Waals surface area contributed by atoms with Crippen molar-refractivity contribution in [1.82, 2.24) is 10.2 Å². The van der Waals surface area contributed by atoms with Gasteiger partial charge in [-0.05, 0) is 68.1 Å². The Morgan fingerprint density at radius 2 is 1.58 bits per heavy atom. The van der Waals surface area contributed by atoms with E-state index >= 15 is 0 Å². The predicted molar refractivity (Wildman–Crippen MR) is 132 cm³/mol. The molecule has 1 heterocycles.